The zero-order chi connectivity index (χ0) is 13.8. The number of hydrogen-bond donors (Lipinski definition) is 1. The molecule has 19 heavy (non-hydrogen) atoms. The van der Waals surface area contributed by atoms with Gasteiger partial charge in [0.05, 0.1) is 0 Å². The molecular formula is C14H18FN3S. The summed E-state index contributed by atoms with van der Waals surface area (Å²) in [5, 5.41) is 4.09. The van der Waals surface area contributed by atoms with Crippen LogP contribution in [0.15, 0.2) is 30.5 Å². The lowest BCUT2D eigenvalue weighted by Gasteiger charge is -2.16. The summed E-state index contributed by atoms with van der Waals surface area (Å²) < 4.78 is 13.6. The molecule has 1 atom stereocenters. The zero-order valence-corrected chi connectivity index (χ0v) is 12.2. The highest BCUT2D eigenvalue weighted by Crippen LogP contribution is 2.27. The molecule has 0 spiro atoms. The molecule has 0 bridgehead atoms. The van der Waals surface area contributed by atoms with E-state index in [1.54, 1.807) is 23.5 Å². The molecule has 1 aromatic carbocycles. The van der Waals surface area contributed by atoms with Crippen LogP contribution in [0.1, 0.15) is 23.4 Å². The van der Waals surface area contributed by atoms with Crippen molar-refractivity contribution >= 4 is 16.5 Å². The van der Waals surface area contributed by atoms with E-state index in [1.807, 2.05) is 31.3 Å². The number of hydrogen-bond acceptors (Lipinski definition) is 4. The van der Waals surface area contributed by atoms with Crippen molar-refractivity contribution in [2.45, 2.75) is 19.5 Å². The summed E-state index contributed by atoms with van der Waals surface area (Å²) in [5.41, 5.74) is 0.684. The van der Waals surface area contributed by atoms with Crippen molar-refractivity contribution in [1.82, 2.24) is 10.3 Å². The monoisotopic (exact) mass is 279 g/mol. The number of nitrogens with zero attached hydrogens (tertiary/aromatic N) is 2. The smallest absolute Gasteiger partial charge is 0.185 e. The molecule has 2 aromatic rings. The number of rotatable bonds is 5. The Labute approximate surface area is 117 Å². The number of benzene rings is 1. The largest absolute Gasteiger partial charge is 0.347 e. The molecule has 0 amide bonds. The highest BCUT2D eigenvalue weighted by atomic mass is 32.1. The Morgan fingerprint density at radius 2 is 2.16 bits per heavy atom. The van der Waals surface area contributed by atoms with E-state index in [0.717, 1.165) is 5.13 Å². The summed E-state index contributed by atoms with van der Waals surface area (Å²) in [4.78, 5) is 7.54. The number of nitrogens with one attached hydrogen (secondary N) is 1. The molecule has 0 fully saturated rings. The van der Waals surface area contributed by atoms with Gasteiger partial charge in [-0.15, -0.1) is 11.3 Å². The lowest BCUT2D eigenvalue weighted by atomic mass is 10.2. The van der Waals surface area contributed by atoms with Gasteiger partial charge in [0.2, 0.25) is 0 Å². The Kier molecular flexibility index (Phi) is 4.50. The summed E-state index contributed by atoms with van der Waals surface area (Å²) in [6, 6.07) is 7.13. The topological polar surface area (TPSA) is 28.2 Å². The predicted molar refractivity (Wildman–Crippen MR) is 78.1 cm³/mol. The maximum atomic E-state index is 13.6. The van der Waals surface area contributed by atoms with Crippen LogP contribution in [0, 0.1) is 5.82 Å². The van der Waals surface area contributed by atoms with E-state index in [0.29, 0.717) is 12.1 Å². The Balaban J connectivity index is 2.10. The van der Waals surface area contributed by atoms with Crippen LogP contribution in [0.5, 0.6) is 0 Å². The Morgan fingerprint density at radius 3 is 2.84 bits per heavy atom. The molecule has 1 aromatic heterocycles. The van der Waals surface area contributed by atoms with E-state index in [1.165, 1.54) is 10.9 Å². The minimum Gasteiger partial charge on any atom is -0.347 e. The van der Waals surface area contributed by atoms with Crippen LogP contribution in [-0.4, -0.2) is 19.1 Å². The van der Waals surface area contributed by atoms with Crippen molar-refractivity contribution in [1.29, 1.82) is 0 Å². The molecule has 0 aliphatic carbocycles. The molecule has 1 heterocycles. The number of aromatic nitrogens is 1. The quantitative estimate of drug-likeness (QED) is 0.911. The van der Waals surface area contributed by atoms with Crippen LogP contribution in [-0.2, 0) is 6.54 Å². The molecule has 1 N–H and O–H groups in total. The highest BCUT2D eigenvalue weighted by Gasteiger charge is 2.12. The Morgan fingerprint density at radius 1 is 1.42 bits per heavy atom. The minimum absolute atomic E-state index is 0.172. The zero-order valence-electron chi connectivity index (χ0n) is 11.4. The van der Waals surface area contributed by atoms with Crippen LogP contribution in [0.25, 0.3) is 0 Å². The average molecular weight is 279 g/mol. The first-order chi connectivity index (χ1) is 9.11. The van der Waals surface area contributed by atoms with Gasteiger partial charge in [-0.25, -0.2) is 9.37 Å². The number of anilines is 1. The fourth-order valence-electron chi connectivity index (χ4n) is 1.75. The highest BCUT2D eigenvalue weighted by molar-refractivity contribution is 7.15. The van der Waals surface area contributed by atoms with E-state index in [-0.39, 0.29) is 11.9 Å². The number of thiazole rings is 1. The Bertz CT molecular complexity index is 541. The van der Waals surface area contributed by atoms with Crippen molar-refractivity contribution in [2.24, 2.45) is 0 Å². The summed E-state index contributed by atoms with van der Waals surface area (Å²) in [5.74, 6) is -0.172. The third kappa shape index (κ3) is 3.30. The molecule has 0 saturated heterocycles. The molecule has 2 rings (SSSR count). The first kappa shape index (κ1) is 14.0. The second-order valence-electron chi connectivity index (χ2n) is 4.50. The molecule has 0 saturated carbocycles. The molecule has 102 valence electrons. The Hall–Kier alpha value is -1.46. The SMILES string of the molecule is CNC(C)c1cnc(N(C)Cc2ccccc2F)s1. The van der Waals surface area contributed by atoms with Gasteiger partial charge in [0.1, 0.15) is 5.82 Å². The first-order valence-electron chi connectivity index (χ1n) is 6.19. The van der Waals surface area contributed by atoms with Crippen molar-refractivity contribution in [3.63, 3.8) is 0 Å². The van der Waals surface area contributed by atoms with Crippen LogP contribution in [0.2, 0.25) is 0 Å². The van der Waals surface area contributed by atoms with Crippen molar-refractivity contribution < 1.29 is 4.39 Å². The van der Waals surface area contributed by atoms with Crippen molar-refractivity contribution in [2.75, 3.05) is 19.0 Å². The van der Waals surface area contributed by atoms with E-state index >= 15 is 0 Å². The average Bonchev–Trinajstić information content (AvgIpc) is 2.90. The van der Waals surface area contributed by atoms with Gasteiger partial charge in [-0.1, -0.05) is 18.2 Å². The number of halogens is 1. The van der Waals surface area contributed by atoms with Crippen LogP contribution in [0.3, 0.4) is 0 Å². The summed E-state index contributed by atoms with van der Waals surface area (Å²) in [7, 11) is 3.85. The van der Waals surface area contributed by atoms with E-state index in [2.05, 4.69) is 17.2 Å². The van der Waals surface area contributed by atoms with Crippen LogP contribution in [0.4, 0.5) is 9.52 Å². The van der Waals surface area contributed by atoms with Gasteiger partial charge in [0.15, 0.2) is 5.13 Å². The lowest BCUT2D eigenvalue weighted by molar-refractivity contribution is 0.608. The van der Waals surface area contributed by atoms with E-state index in [4.69, 9.17) is 0 Å². The van der Waals surface area contributed by atoms with Crippen molar-refractivity contribution in [3.8, 4) is 0 Å². The second-order valence-corrected chi connectivity index (χ2v) is 5.54. The summed E-state index contributed by atoms with van der Waals surface area (Å²) in [6.07, 6.45) is 1.87. The molecule has 0 aliphatic heterocycles. The molecule has 0 aliphatic rings. The first-order valence-corrected chi connectivity index (χ1v) is 7.01. The lowest BCUT2D eigenvalue weighted by Crippen LogP contribution is -2.16. The standard InChI is InChI=1S/C14H18FN3S/c1-10(16-2)13-8-17-14(19-13)18(3)9-11-6-4-5-7-12(11)15/h4-8,10,16H,9H2,1-3H3. The van der Waals surface area contributed by atoms with Gasteiger partial charge in [-0.05, 0) is 20.0 Å². The van der Waals surface area contributed by atoms with Gasteiger partial charge in [0.25, 0.3) is 0 Å². The molecule has 1 unspecified atom stereocenters. The summed E-state index contributed by atoms with van der Waals surface area (Å²) in [6.45, 7) is 2.61. The molecule has 0 radical (unpaired) electrons. The fourth-order valence-corrected chi connectivity index (χ4v) is 2.68. The van der Waals surface area contributed by atoms with Crippen LogP contribution < -0.4 is 10.2 Å². The molecule has 3 nitrogen and oxygen atoms in total. The summed E-state index contributed by atoms with van der Waals surface area (Å²) >= 11 is 1.63. The van der Waals surface area contributed by atoms with Gasteiger partial charge in [-0.3, -0.25) is 0 Å². The van der Waals surface area contributed by atoms with Gasteiger partial charge in [-0.2, -0.15) is 0 Å². The van der Waals surface area contributed by atoms with E-state index < -0.39 is 0 Å². The third-order valence-electron chi connectivity index (χ3n) is 3.06. The molecular weight excluding hydrogens is 261 g/mol. The third-order valence-corrected chi connectivity index (χ3v) is 4.36. The van der Waals surface area contributed by atoms with Gasteiger partial charge in [0, 0.05) is 36.3 Å². The maximum absolute atomic E-state index is 13.6. The van der Waals surface area contributed by atoms with Gasteiger partial charge < -0.3 is 10.2 Å². The van der Waals surface area contributed by atoms with Crippen LogP contribution >= 0.6 is 11.3 Å². The minimum atomic E-state index is -0.172. The van der Waals surface area contributed by atoms with Crippen molar-refractivity contribution in [3.05, 3.63) is 46.7 Å². The van der Waals surface area contributed by atoms with E-state index in [9.17, 15) is 4.39 Å². The normalized spacial score (nSPS) is 12.4. The predicted octanol–water partition coefficient (Wildman–Crippen LogP) is 3.20. The van der Waals surface area contributed by atoms with Gasteiger partial charge >= 0.3 is 0 Å². The second kappa shape index (κ2) is 6.12. The fraction of sp³-hybridized carbons (Fsp3) is 0.357. The molecule has 5 heteroatoms. The maximum Gasteiger partial charge on any atom is 0.185 e.